The summed E-state index contributed by atoms with van der Waals surface area (Å²) >= 11 is 0. The SMILES string of the molecule is CC/C=C\C/C=C\C/C=C\C/C=C\C/C=C\C/C=C\C/C=C\C/C=C\C/C=C\C/C=C\CCCCCCCCCCCCC(=O)NC(COC1OC(CO)C(OC2OC(CO)C(OC3OC(CO)C(O)C(O)C3O)C(O)C2O)C(O)C1O)C(O)/C=C/CCCCCCCCCCCC. The molecule has 0 bridgehead atoms. The Bertz CT molecular complexity index is 2290. The van der Waals surface area contributed by atoms with Gasteiger partial charge in [0.25, 0.3) is 0 Å². The van der Waals surface area contributed by atoms with Crippen LogP contribution in [-0.4, -0.2) is 193 Å². The zero-order valence-corrected chi connectivity index (χ0v) is 59.5. The molecule has 560 valence electrons. The van der Waals surface area contributed by atoms with Crippen LogP contribution in [0.25, 0.3) is 0 Å². The van der Waals surface area contributed by atoms with Gasteiger partial charge < -0.3 is 89.9 Å². The maximum absolute atomic E-state index is 13.4. The number of amides is 1. The second-order valence-corrected chi connectivity index (χ2v) is 26.0. The van der Waals surface area contributed by atoms with Crippen LogP contribution in [-0.2, 0) is 33.2 Å². The fraction of sp³-hybridized carbons (Fsp3) is 0.709. The minimum Gasteiger partial charge on any atom is -0.394 e. The van der Waals surface area contributed by atoms with E-state index in [-0.39, 0.29) is 18.9 Å². The zero-order valence-electron chi connectivity index (χ0n) is 59.5. The van der Waals surface area contributed by atoms with E-state index in [9.17, 15) is 61.0 Å². The third-order valence-electron chi connectivity index (χ3n) is 17.7. The molecule has 17 atom stereocenters. The van der Waals surface area contributed by atoms with Crippen molar-refractivity contribution in [3.8, 4) is 0 Å². The van der Waals surface area contributed by atoms with Crippen LogP contribution < -0.4 is 5.32 Å². The Labute approximate surface area is 588 Å². The van der Waals surface area contributed by atoms with Crippen molar-refractivity contribution < 1.29 is 89.4 Å². The average molecular weight is 1380 g/mol. The predicted octanol–water partition coefficient (Wildman–Crippen LogP) is 11.3. The molecule has 3 aliphatic rings. The van der Waals surface area contributed by atoms with Crippen molar-refractivity contribution in [3.05, 3.63) is 134 Å². The molecule has 3 aliphatic heterocycles. The van der Waals surface area contributed by atoms with Gasteiger partial charge in [0, 0.05) is 6.42 Å². The third kappa shape index (κ3) is 38.8. The van der Waals surface area contributed by atoms with E-state index in [0.29, 0.717) is 6.42 Å². The second kappa shape index (κ2) is 58.4. The summed E-state index contributed by atoms with van der Waals surface area (Å²) in [6.07, 6.45) is 55.9. The first-order valence-corrected chi connectivity index (χ1v) is 37.4. The molecule has 1 amide bonds. The molecule has 19 heteroatoms. The highest BCUT2D eigenvalue weighted by atomic mass is 16.8. The molecule has 3 heterocycles. The Morgan fingerprint density at radius 3 is 1.10 bits per heavy atom. The summed E-state index contributed by atoms with van der Waals surface area (Å²) in [6.45, 7) is 1.58. The number of hydrogen-bond donors (Lipinski definition) is 12. The number of carbonyl (C=O) groups is 1. The molecule has 3 saturated heterocycles. The first-order chi connectivity index (χ1) is 47.8. The number of ether oxygens (including phenoxy) is 6. The summed E-state index contributed by atoms with van der Waals surface area (Å²) in [4.78, 5) is 13.4. The average Bonchev–Trinajstić information content (AvgIpc) is 0.785. The van der Waals surface area contributed by atoms with Crippen LogP contribution in [0.3, 0.4) is 0 Å². The van der Waals surface area contributed by atoms with Crippen molar-refractivity contribution in [3.63, 3.8) is 0 Å². The highest BCUT2D eigenvalue weighted by Gasteiger charge is 2.53. The van der Waals surface area contributed by atoms with Crippen LogP contribution in [0.15, 0.2) is 134 Å². The highest BCUT2D eigenvalue weighted by molar-refractivity contribution is 5.76. The van der Waals surface area contributed by atoms with Crippen LogP contribution >= 0.6 is 0 Å². The number of rotatable bonds is 56. The molecule has 0 saturated carbocycles. The van der Waals surface area contributed by atoms with E-state index in [1.165, 1.54) is 77.0 Å². The quantitative estimate of drug-likeness (QED) is 0.0199. The molecule has 3 rings (SSSR count). The molecule has 12 N–H and O–H groups in total. The molecular formula is C79H131NO18. The minimum atomic E-state index is -1.98. The van der Waals surface area contributed by atoms with E-state index >= 15 is 0 Å². The number of aliphatic hydroxyl groups excluding tert-OH is 11. The third-order valence-corrected chi connectivity index (χ3v) is 17.7. The fourth-order valence-electron chi connectivity index (χ4n) is 11.7. The summed E-state index contributed by atoms with van der Waals surface area (Å²) in [5, 5.41) is 120. The largest absolute Gasteiger partial charge is 0.394 e. The van der Waals surface area contributed by atoms with Gasteiger partial charge in [-0.05, 0) is 96.3 Å². The topological polar surface area (TPSA) is 307 Å². The summed E-state index contributed by atoms with van der Waals surface area (Å²) < 4.78 is 34.3. The molecule has 0 radical (unpaired) electrons. The number of unbranched alkanes of at least 4 members (excludes halogenated alkanes) is 20. The predicted molar refractivity (Wildman–Crippen MR) is 387 cm³/mol. The lowest BCUT2D eigenvalue weighted by Gasteiger charge is -2.48. The first-order valence-electron chi connectivity index (χ1n) is 37.4. The van der Waals surface area contributed by atoms with Crippen molar-refractivity contribution in [2.45, 2.75) is 330 Å². The smallest absolute Gasteiger partial charge is 0.220 e. The molecule has 0 aliphatic carbocycles. The number of aliphatic hydroxyl groups is 11. The van der Waals surface area contributed by atoms with E-state index in [0.717, 1.165) is 122 Å². The maximum Gasteiger partial charge on any atom is 0.220 e. The summed E-state index contributed by atoms with van der Waals surface area (Å²) in [5.74, 6) is -0.287. The molecule has 0 aromatic heterocycles. The lowest BCUT2D eigenvalue weighted by molar-refractivity contribution is -0.379. The maximum atomic E-state index is 13.4. The van der Waals surface area contributed by atoms with Gasteiger partial charge in [-0.25, -0.2) is 0 Å². The standard InChI is InChI=1S/C79H131NO18/c1-3-5-7-9-11-13-15-17-18-19-20-21-22-23-24-25-26-27-28-29-30-31-32-33-34-35-36-37-38-39-40-41-42-43-44-45-47-49-51-53-55-57-67(85)80-62(63(84)56-54-52-50-48-46-16-14-12-10-8-6-4-2)61-93-77-73(91)70(88)75(65(59-82)95-77)98-79-74(92)71(89)76(66(60-83)96-79)97-78-72(90)69(87)68(86)64(58-81)94-78/h5,7,11,13,17-18,20-21,23-24,26-27,29-30,32-33,35-36,38-39,54,56,62-66,68-79,81-84,86-92H,3-4,6,8-10,12,14-16,19,22,25,28,31,34,37,40-53,55,57-61H2,1-2H3,(H,80,85)/b7-5-,13-11-,18-17-,21-20-,24-23-,27-26-,30-29-,33-32-,36-35-,39-38-,56-54+. The lowest BCUT2D eigenvalue weighted by atomic mass is 9.96. The van der Waals surface area contributed by atoms with Crippen molar-refractivity contribution in [1.82, 2.24) is 5.32 Å². The van der Waals surface area contributed by atoms with Crippen LogP contribution in [0, 0.1) is 0 Å². The summed E-state index contributed by atoms with van der Waals surface area (Å²) in [6, 6.07) is -0.983. The summed E-state index contributed by atoms with van der Waals surface area (Å²) in [7, 11) is 0. The molecule has 3 fully saturated rings. The van der Waals surface area contributed by atoms with Crippen LogP contribution in [0.1, 0.15) is 226 Å². The van der Waals surface area contributed by atoms with Gasteiger partial charge in [0.15, 0.2) is 18.9 Å². The van der Waals surface area contributed by atoms with Gasteiger partial charge in [0.2, 0.25) is 5.91 Å². The molecule has 0 aromatic rings. The zero-order chi connectivity index (χ0) is 71.1. The van der Waals surface area contributed by atoms with Crippen molar-refractivity contribution in [1.29, 1.82) is 0 Å². The van der Waals surface area contributed by atoms with E-state index in [4.69, 9.17) is 28.4 Å². The number of hydrogen-bond acceptors (Lipinski definition) is 18. The van der Waals surface area contributed by atoms with Gasteiger partial charge in [-0.2, -0.15) is 0 Å². The first kappa shape index (κ1) is 88.1. The van der Waals surface area contributed by atoms with Gasteiger partial charge >= 0.3 is 0 Å². The lowest BCUT2D eigenvalue weighted by Crippen LogP contribution is -2.66. The van der Waals surface area contributed by atoms with E-state index < -0.39 is 124 Å². The second-order valence-electron chi connectivity index (χ2n) is 26.0. The van der Waals surface area contributed by atoms with Crippen molar-refractivity contribution in [2.75, 3.05) is 26.4 Å². The van der Waals surface area contributed by atoms with Gasteiger partial charge in [0.05, 0.1) is 38.6 Å². The van der Waals surface area contributed by atoms with E-state index in [2.05, 4.69) is 141 Å². The van der Waals surface area contributed by atoms with Crippen LogP contribution in [0.4, 0.5) is 0 Å². The fourth-order valence-corrected chi connectivity index (χ4v) is 11.7. The van der Waals surface area contributed by atoms with E-state index in [1.807, 2.05) is 6.08 Å². The van der Waals surface area contributed by atoms with E-state index in [1.54, 1.807) is 6.08 Å². The number of carbonyl (C=O) groups excluding carboxylic acids is 1. The Kier molecular flexibility index (Phi) is 52.6. The normalized spacial score (nSPS) is 27.5. The minimum absolute atomic E-state index is 0.230. The Morgan fingerprint density at radius 2 is 0.704 bits per heavy atom. The monoisotopic (exact) mass is 1380 g/mol. The van der Waals surface area contributed by atoms with Gasteiger partial charge in [-0.3, -0.25) is 4.79 Å². The van der Waals surface area contributed by atoms with Crippen molar-refractivity contribution >= 4 is 5.91 Å². The molecule has 0 spiro atoms. The Hall–Kier alpha value is -4.07. The number of allylic oxidation sites excluding steroid dienone is 21. The molecule has 19 nitrogen and oxygen atoms in total. The van der Waals surface area contributed by atoms with Gasteiger partial charge in [-0.1, -0.05) is 257 Å². The molecule has 17 unspecified atom stereocenters. The van der Waals surface area contributed by atoms with Gasteiger partial charge in [0.1, 0.15) is 73.2 Å². The van der Waals surface area contributed by atoms with Crippen LogP contribution in [0.5, 0.6) is 0 Å². The molecule has 0 aromatic carbocycles. The molecular weight excluding hydrogens is 1250 g/mol. The number of nitrogens with one attached hydrogen (secondary N) is 1. The highest BCUT2D eigenvalue weighted by Crippen LogP contribution is 2.33. The van der Waals surface area contributed by atoms with Crippen molar-refractivity contribution in [2.24, 2.45) is 0 Å². The Morgan fingerprint density at radius 1 is 0.378 bits per heavy atom. The molecule has 98 heavy (non-hydrogen) atoms. The van der Waals surface area contributed by atoms with Crippen LogP contribution in [0.2, 0.25) is 0 Å². The Balaban J connectivity index is 1.32. The van der Waals surface area contributed by atoms with Gasteiger partial charge in [-0.15, -0.1) is 0 Å². The summed E-state index contributed by atoms with van der Waals surface area (Å²) in [5.41, 5.74) is 0.